The molecule has 2 aliphatic rings. The molecule has 9 heteroatoms. The van der Waals surface area contributed by atoms with E-state index in [9.17, 15) is 13.2 Å². The van der Waals surface area contributed by atoms with Crippen molar-refractivity contribution in [1.29, 1.82) is 0 Å². The van der Waals surface area contributed by atoms with Gasteiger partial charge in [0, 0.05) is 31.1 Å². The fraction of sp³-hybridized carbons (Fsp3) is 0.450. The van der Waals surface area contributed by atoms with Gasteiger partial charge in [0.1, 0.15) is 10.6 Å². The van der Waals surface area contributed by atoms with Crippen molar-refractivity contribution in [3.63, 3.8) is 0 Å². The van der Waals surface area contributed by atoms with Crippen molar-refractivity contribution in [2.75, 3.05) is 40.0 Å². The molecular formula is C20H24N2O5S2. The molecule has 2 aliphatic heterocycles. The number of nitrogens with zero attached hydrogens (tertiary/aromatic N) is 2. The normalized spacial score (nSPS) is 17.8. The number of amides is 1. The van der Waals surface area contributed by atoms with Crippen molar-refractivity contribution in [2.45, 2.75) is 24.3 Å². The second-order valence-corrected chi connectivity index (χ2v) is 10.0. The van der Waals surface area contributed by atoms with Gasteiger partial charge in [-0.1, -0.05) is 6.07 Å². The number of hydrogen-bond donors (Lipinski definition) is 0. The Morgan fingerprint density at radius 1 is 1.21 bits per heavy atom. The molecular weight excluding hydrogens is 412 g/mol. The highest BCUT2D eigenvalue weighted by atomic mass is 32.2. The number of methoxy groups -OCH3 is 1. The zero-order valence-electron chi connectivity index (χ0n) is 16.3. The second kappa shape index (κ2) is 8.43. The number of rotatable bonds is 5. The molecule has 0 N–H and O–H groups in total. The third kappa shape index (κ3) is 4.18. The summed E-state index contributed by atoms with van der Waals surface area (Å²) in [4.78, 5) is 16.1. The molecule has 0 bridgehead atoms. The van der Waals surface area contributed by atoms with Crippen LogP contribution in [0.5, 0.6) is 5.75 Å². The van der Waals surface area contributed by atoms with Gasteiger partial charge in [0.15, 0.2) is 0 Å². The Morgan fingerprint density at radius 3 is 2.76 bits per heavy atom. The SMILES string of the molecule is COc1ccc(CC(=O)N2CCc3sccc3C2)cc1S(=O)(=O)N1CCOCC1. The number of morpholine rings is 1. The topological polar surface area (TPSA) is 76.2 Å². The lowest BCUT2D eigenvalue weighted by Gasteiger charge is -2.28. The first kappa shape index (κ1) is 20.3. The molecule has 0 aliphatic carbocycles. The van der Waals surface area contributed by atoms with Crippen LogP contribution in [-0.4, -0.2) is 63.5 Å². The fourth-order valence-corrected chi connectivity index (χ4v) is 6.21. The number of carbonyl (C=O) groups is 1. The average Bonchev–Trinajstić information content (AvgIpc) is 3.22. The summed E-state index contributed by atoms with van der Waals surface area (Å²) in [6.07, 6.45) is 1.03. The van der Waals surface area contributed by atoms with Crippen molar-refractivity contribution in [1.82, 2.24) is 9.21 Å². The third-order valence-electron chi connectivity index (χ3n) is 5.33. The van der Waals surface area contributed by atoms with E-state index in [2.05, 4.69) is 11.4 Å². The van der Waals surface area contributed by atoms with Crippen molar-refractivity contribution >= 4 is 27.3 Å². The zero-order chi connectivity index (χ0) is 20.4. The summed E-state index contributed by atoms with van der Waals surface area (Å²) < 4.78 is 38.2. The van der Waals surface area contributed by atoms with Crippen LogP contribution in [0.2, 0.25) is 0 Å². The Labute approximate surface area is 174 Å². The van der Waals surface area contributed by atoms with E-state index in [1.165, 1.54) is 21.9 Å². The lowest BCUT2D eigenvalue weighted by atomic mass is 10.1. The number of sulfonamides is 1. The van der Waals surface area contributed by atoms with Crippen molar-refractivity contribution < 1.29 is 22.7 Å². The first-order chi connectivity index (χ1) is 14.0. The molecule has 0 atom stereocenters. The number of thiophene rings is 1. The van der Waals surface area contributed by atoms with Gasteiger partial charge in [-0.25, -0.2) is 8.42 Å². The predicted molar refractivity (Wildman–Crippen MR) is 110 cm³/mol. The summed E-state index contributed by atoms with van der Waals surface area (Å²) in [7, 11) is -2.27. The van der Waals surface area contributed by atoms with Crippen LogP contribution in [0.25, 0.3) is 0 Å². The van der Waals surface area contributed by atoms with Gasteiger partial charge in [0.25, 0.3) is 0 Å². The van der Waals surface area contributed by atoms with E-state index >= 15 is 0 Å². The van der Waals surface area contributed by atoms with Crippen LogP contribution in [0, 0.1) is 0 Å². The molecule has 1 fully saturated rings. The second-order valence-electron chi connectivity index (χ2n) is 7.11. The lowest BCUT2D eigenvalue weighted by Crippen LogP contribution is -2.40. The average molecular weight is 437 g/mol. The van der Waals surface area contributed by atoms with Crippen LogP contribution >= 0.6 is 11.3 Å². The molecule has 1 aromatic heterocycles. The Bertz CT molecular complexity index is 996. The smallest absolute Gasteiger partial charge is 0.246 e. The van der Waals surface area contributed by atoms with Crippen LogP contribution in [0.1, 0.15) is 16.0 Å². The highest BCUT2D eigenvalue weighted by Crippen LogP contribution is 2.29. The van der Waals surface area contributed by atoms with Crippen LogP contribution < -0.4 is 4.74 Å². The molecule has 0 radical (unpaired) electrons. The Hall–Kier alpha value is -1.94. The molecule has 0 spiro atoms. The number of ether oxygens (including phenoxy) is 2. The number of benzene rings is 1. The van der Waals surface area contributed by atoms with E-state index in [1.807, 2.05) is 4.90 Å². The summed E-state index contributed by atoms with van der Waals surface area (Å²) in [5, 5.41) is 2.06. The minimum absolute atomic E-state index is 0.00161. The quantitative estimate of drug-likeness (QED) is 0.716. The van der Waals surface area contributed by atoms with Gasteiger partial charge in [-0.3, -0.25) is 4.79 Å². The highest BCUT2D eigenvalue weighted by molar-refractivity contribution is 7.89. The standard InChI is InChI=1S/C20H24N2O5S2/c1-26-17-3-2-15(12-19(17)29(24,25)22-7-9-27-10-8-22)13-20(23)21-6-4-18-16(14-21)5-11-28-18/h2-3,5,11-12H,4,6-10,13-14H2,1H3. The Balaban J connectivity index is 1.54. The van der Waals surface area contributed by atoms with Crippen LogP contribution in [0.15, 0.2) is 34.5 Å². The van der Waals surface area contributed by atoms with Gasteiger partial charge in [-0.15, -0.1) is 11.3 Å². The van der Waals surface area contributed by atoms with E-state index in [0.717, 1.165) is 6.42 Å². The van der Waals surface area contributed by atoms with E-state index in [4.69, 9.17) is 9.47 Å². The Morgan fingerprint density at radius 2 is 2.00 bits per heavy atom. The summed E-state index contributed by atoms with van der Waals surface area (Å²) in [5.74, 6) is 0.287. The molecule has 4 rings (SSSR count). The molecule has 0 unspecified atom stereocenters. The van der Waals surface area contributed by atoms with Crippen LogP contribution in [0.3, 0.4) is 0 Å². The summed E-state index contributed by atoms with van der Waals surface area (Å²) in [5.41, 5.74) is 1.87. The summed E-state index contributed by atoms with van der Waals surface area (Å²) in [6.45, 7) is 2.68. The summed E-state index contributed by atoms with van der Waals surface area (Å²) in [6, 6.07) is 7.03. The molecule has 0 saturated carbocycles. The third-order valence-corrected chi connectivity index (χ3v) is 8.27. The molecule has 156 valence electrons. The van der Waals surface area contributed by atoms with Crippen LogP contribution in [-0.2, 0) is 38.9 Å². The fourth-order valence-electron chi connectivity index (χ4n) is 3.71. The maximum atomic E-state index is 13.1. The zero-order valence-corrected chi connectivity index (χ0v) is 17.9. The maximum absolute atomic E-state index is 13.1. The minimum atomic E-state index is -3.72. The van der Waals surface area contributed by atoms with E-state index in [-0.39, 0.29) is 23.0 Å². The summed E-state index contributed by atoms with van der Waals surface area (Å²) >= 11 is 1.73. The number of fused-ring (bicyclic) bond motifs is 1. The van der Waals surface area contributed by atoms with Gasteiger partial charge in [-0.05, 0) is 41.1 Å². The lowest BCUT2D eigenvalue weighted by molar-refractivity contribution is -0.131. The predicted octanol–water partition coefficient (Wildman–Crippen LogP) is 1.91. The van der Waals surface area contributed by atoms with E-state index in [0.29, 0.717) is 45.0 Å². The Kier molecular flexibility index (Phi) is 5.91. The van der Waals surface area contributed by atoms with Gasteiger partial charge in [0.05, 0.1) is 26.7 Å². The van der Waals surface area contributed by atoms with Crippen molar-refractivity contribution in [3.05, 3.63) is 45.6 Å². The first-order valence-corrected chi connectivity index (χ1v) is 11.9. The minimum Gasteiger partial charge on any atom is -0.495 e. The monoisotopic (exact) mass is 436 g/mol. The molecule has 2 aromatic rings. The van der Waals surface area contributed by atoms with E-state index < -0.39 is 10.0 Å². The van der Waals surface area contributed by atoms with Gasteiger partial charge in [0.2, 0.25) is 15.9 Å². The van der Waals surface area contributed by atoms with Gasteiger partial charge < -0.3 is 14.4 Å². The number of carbonyl (C=O) groups excluding carboxylic acids is 1. The molecule has 7 nitrogen and oxygen atoms in total. The maximum Gasteiger partial charge on any atom is 0.246 e. The van der Waals surface area contributed by atoms with Crippen molar-refractivity contribution in [3.8, 4) is 5.75 Å². The molecule has 1 aromatic carbocycles. The largest absolute Gasteiger partial charge is 0.495 e. The molecule has 1 amide bonds. The number of hydrogen-bond acceptors (Lipinski definition) is 6. The van der Waals surface area contributed by atoms with Gasteiger partial charge >= 0.3 is 0 Å². The van der Waals surface area contributed by atoms with Crippen molar-refractivity contribution in [2.24, 2.45) is 0 Å². The van der Waals surface area contributed by atoms with E-state index in [1.54, 1.807) is 29.5 Å². The molecule has 29 heavy (non-hydrogen) atoms. The van der Waals surface area contributed by atoms with Crippen LogP contribution in [0.4, 0.5) is 0 Å². The highest BCUT2D eigenvalue weighted by Gasteiger charge is 2.30. The first-order valence-electron chi connectivity index (χ1n) is 9.57. The molecule has 1 saturated heterocycles. The molecule has 3 heterocycles. The van der Waals surface area contributed by atoms with Gasteiger partial charge in [-0.2, -0.15) is 4.31 Å².